The van der Waals surface area contributed by atoms with Crippen molar-refractivity contribution >= 4 is 11.7 Å². The average Bonchev–Trinajstić information content (AvgIpc) is 2.47. The molecule has 0 amide bonds. The topological polar surface area (TPSA) is 38.3 Å². The predicted molar refractivity (Wildman–Crippen MR) is 75.8 cm³/mol. The summed E-state index contributed by atoms with van der Waals surface area (Å²) >= 11 is 0. The Morgan fingerprint density at radius 1 is 1.10 bits per heavy atom. The molecule has 0 radical (unpaired) electrons. The van der Waals surface area contributed by atoms with Gasteiger partial charge in [-0.2, -0.15) is 0 Å². The predicted octanol–water partition coefficient (Wildman–Crippen LogP) is 3.33. The number of esters is 1. The van der Waals surface area contributed by atoms with Crippen LogP contribution in [0.1, 0.15) is 12.5 Å². The molecule has 0 fully saturated rings. The van der Waals surface area contributed by atoms with Crippen molar-refractivity contribution in [2.75, 3.05) is 12.4 Å². The highest BCUT2D eigenvalue weighted by Crippen LogP contribution is 2.29. The summed E-state index contributed by atoms with van der Waals surface area (Å²) in [5, 5.41) is 3.05. The molecular weight excluding hydrogens is 257 g/mol. The molecule has 0 bridgehead atoms. The van der Waals surface area contributed by atoms with Crippen LogP contribution in [-0.4, -0.2) is 13.1 Å². The first-order valence-electron chi connectivity index (χ1n) is 6.24. The van der Waals surface area contributed by atoms with Crippen LogP contribution in [0.15, 0.2) is 54.6 Å². The molecule has 20 heavy (non-hydrogen) atoms. The molecule has 2 aromatic carbocycles. The van der Waals surface area contributed by atoms with Gasteiger partial charge in [-0.05, 0) is 25.1 Å². The van der Waals surface area contributed by atoms with Crippen LogP contribution >= 0.6 is 0 Å². The third-order valence-corrected chi connectivity index (χ3v) is 3.17. The minimum absolute atomic E-state index is 0.246. The lowest BCUT2D eigenvalue weighted by Gasteiger charge is -2.29. The Balaban J connectivity index is 2.46. The molecule has 0 aromatic heterocycles. The zero-order chi connectivity index (χ0) is 14.6. The van der Waals surface area contributed by atoms with Gasteiger partial charge in [-0.3, -0.25) is 0 Å². The molecule has 0 aliphatic carbocycles. The Labute approximate surface area is 117 Å². The molecule has 1 atom stereocenters. The number of ether oxygens (including phenoxy) is 1. The number of rotatable bonds is 4. The van der Waals surface area contributed by atoms with Gasteiger partial charge in [0.2, 0.25) is 0 Å². The first-order chi connectivity index (χ1) is 9.58. The van der Waals surface area contributed by atoms with Crippen LogP contribution < -0.4 is 5.32 Å². The lowest BCUT2D eigenvalue weighted by Crippen LogP contribution is -2.42. The Hall–Kier alpha value is -2.36. The van der Waals surface area contributed by atoms with Gasteiger partial charge in [-0.1, -0.05) is 36.4 Å². The normalized spacial score (nSPS) is 13.3. The lowest BCUT2D eigenvalue weighted by molar-refractivity contribution is -0.145. The standard InChI is InChI=1S/C16H16FNO2/c1-16(15(19)20-2,13-10-6-7-11-14(13)17)18-12-8-4-3-5-9-12/h3-11,18H,1-2H3. The highest BCUT2D eigenvalue weighted by molar-refractivity contribution is 5.85. The third-order valence-electron chi connectivity index (χ3n) is 3.17. The van der Waals surface area contributed by atoms with Gasteiger partial charge in [-0.15, -0.1) is 0 Å². The third kappa shape index (κ3) is 2.64. The van der Waals surface area contributed by atoms with Crippen molar-refractivity contribution in [1.29, 1.82) is 0 Å². The smallest absolute Gasteiger partial charge is 0.336 e. The molecule has 4 heteroatoms. The van der Waals surface area contributed by atoms with E-state index < -0.39 is 17.3 Å². The van der Waals surface area contributed by atoms with Crippen molar-refractivity contribution in [3.8, 4) is 0 Å². The number of hydrogen-bond acceptors (Lipinski definition) is 3. The molecule has 3 nitrogen and oxygen atoms in total. The van der Waals surface area contributed by atoms with Gasteiger partial charge in [-0.25, -0.2) is 9.18 Å². The van der Waals surface area contributed by atoms with Crippen LogP contribution in [0.5, 0.6) is 0 Å². The molecule has 2 rings (SSSR count). The van der Waals surface area contributed by atoms with Gasteiger partial charge in [0, 0.05) is 11.3 Å². The molecule has 0 aliphatic rings. The number of carbonyl (C=O) groups is 1. The number of halogens is 1. The number of hydrogen-bond donors (Lipinski definition) is 1. The minimum Gasteiger partial charge on any atom is -0.467 e. The van der Waals surface area contributed by atoms with Crippen LogP contribution in [0.3, 0.4) is 0 Å². The molecule has 0 spiro atoms. The Morgan fingerprint density at radius 3 is 2.30 bits per heavy atom. The second-order valence-corrected chi connectivity index (χ2v) is 4.59. The Kier molecular flexibility index (Phi) is 4.03. The fraction of sp³-hybridized carbons (Fsp3) is 0.188. The van der Waals surface area contributed by atoms with E-state index in [9.17, 15) is 9.18 Å². The molecule has 1 N–H and O–H groups in total. The summed E-state index contributed by atoms with van der Waals surface area (Å²) in [5.74, 6) is -1.00. The van der Waals surface area contributed by atoms with E-state index in [4.69, 9.17) is 4.74 Å². The highest BCUT2D eigenvalue weighted by atomic mass is 19.1. The summed E-state index contributed by atoms with van der Waals surface area (Å²) in [6.45, 7) is 1.60. The molecule has 0 saturated carbocycles. The van der Waals surface area contributed by atoms with Crippen LogP contribution in [0.25, 0.3) is 0 Å². The molecule has 1 unspecified atom stereocenters. The van der Waals surface area contributed by atoms with E-state index in [0.29, 0.717) is 5.69 Å². The molecule has 2 aromatic rings. The largest absolute Gasteiger partial charge is 0.467 e. The van der Waals surface area contributed by atoms with Crippen molar-refractivity contribution in [1.82, 2.24) is 0 Å². The van der Waals surface area contributed by atoms with Crippen LogP contribution in [-0.2, 0) is 15.1 Å². The van der Waals surface area contributed by atoms with Crippen LogP contribution in [0.4, 0.5) is 10.1 Å². The summed E-state index contributed by atoms with van der Waals surface area (Å²) in [5.41, 5.74) is -0.332. The number of carbonyl (C=O) groups excluding carboxylic acids is 1. The fourth-order valence-electron chi connectivity index (χ4n) is 2.11. The van der Waals surface area contributed by atoms with E-state index in [2.05, 4.69) is 5.32 Å². The number of methoxy groups -OCH3 is 1. The maximum Gasteiger partial charge on any atom is 0.336 e. The first kappa shape index (κ1) is 14.1. The highest BCUT2D eigenvalue weighted by Gasteiger charge is 2.38. The maximum atomic E-state index is 14.0. The van der Waals surface area contributed by atoms with Crippen LogP contribution in [0, 0.1) is 5.82 Å². The molecular formula is C16H16FNO2. The van der Waals surface area contributed by atoms with Crippen molar-refractivity contribution < 1.29 is 13.9 Å². The second kappa shape index (κ2) is 5.74. The zero-order valence-electron chi connectivity index (χ0n) is 11.4. The van der Waals surface area contributed by atoms with E-state index in [0.717, 1.165) is 0 Å². The quantitative estimate of drug-likeness (QED) is 0.868. The second-order valence-electron chi connectivity index (χ2n) is 4.59. The summed E-state index contributed by atoms with van der Waals surface area (Å²) < 4.78 is 18.9. The maximum absolute atomic E-state index is 14.0. The van der Waals surface area contributed by atoms with Crippen molar-refractivity contribution in [2.24, 2.45) is 0 Å². The monoisotopic (exact) mass is 273 g/mol. The van der Waals surface area contributed by atoms with E-state index in [1.807, 2.05) is 30.3 Å². The fourth-order valence-corrected chi connectivity index (χ4v) is 2.11. The summed E-state index contributed by atoms with van der Waals surface area (Å²) in [7, 11) is 1.29. The number of benzene rings is 2. The van der Waals surface area contributed by atoms with Crippen molar-refractivity contribution in [3.63, 3.8) is 0 Å². The van der Waals surface area contributed by atoms with Gasteiger partial charge in [0.05, 0.1) is 7.11 Å². The number of para-hydroxylation sites is 1. The van der Waals surface area contributed by atoms with E-state index in [1.165, 1.54) is 13.2 Å². The first-order valence-corrected chi connectivity index (χ1v) is 6.24. The Bertz CT molecular complexity index is 600. The van der Waals surface area contributed by atoms with Gasteiger partial charge >= 0.3 is 5.97 Å². The Morgan fingerprint density at radius 2 is 1.70 bits per heavy atom. The molecule has 0 heterocycles. The number of anilines is 1. The van der Waals surface area contributed by atoms with Crippen LogP contribution in [0.2, 0.25) is 0 Å². The molecule has 104 valence electrons. The summed E-state index contributed by atoms with van der Waals surface area (Å²) in [6.07, 6.45) is 0. The summed E-state index contributed by atoms with van der Waals surface area (Å²) in [6, 6.07) is 15.3. The van der Waals surface area contributed by atoms with Gasteiger partial charge in [0.15, 0.2) is 5.54 Å². The van der Waals surface area contributed by atoms with Crippen molar-refractivity contribution in [2.45, 2.75) is 12.5 Å². The number of nitrogens with one attached hydrogen (secondary N) is 1. The van der Waals surface area contributed by atoms with Gasteiger partial charge in [0.1, 0.15) is 5.82 Å². The molecule has 0 aliphatic heterocycles. The van der Waals surface area contributed by atoms with E-state index in [-0.39, 0.29) is 5.56 Å². The van der Waals surface area contributed by atoms with Gasteiger partial charge in [0.25, 0.3) is 0 Å². The molecule has 0 saturated heterocycles. The van der Waals surface area contributed by atoms with E-state index >= 15 is 0 Å². The lowest BCUT2D eigenvalue weighted by atomic mass is 9.91. The SMILES string of the molecule is COC(=O)C(C)(Nc1ccccc1)c1ccccc1F. The van der Waals surface area contributed by atoms with Crippen molar-refractivity contribution in [3.05, 3.63) is 66.0 Å². The zero-order valence-corrected chi connectivity index (χ0v) is 11.4. The van der Waals surface area contributed by atoms with E-state index in [1.54, 1.807) is 25.1 Å². The van der Waals surface area contributed by atoms with Gasteiger partial charge < -0.3 is 10.1 Å². The average molecular weight is 273 g/mol. The minimum atomic E-state index is -1.29. The summed E-state index contributed by atoms with van der Waals surface area (Å²) in [4.78, 5) is 12.1.